The van der Waals surface area contributed by atoms with Crippen molar-refractivity contribution in [3.8, 4) is 11.4 Å². The monoisotopic (exact) mass is 331 g/mol. The van der Waals surface area contributed by atoms with Crippen LogP contribution in [0.25, 0.3) is 11.4 Å². The van der Waals surface area contributed by atoms with Gasteiger partial charge in [0.2, 0.25) is 0 Å². The van der Waals surface area contributed by atoms with Crippen LogP contribution in [0.5, 0.6) is 0 Å². The van der Waals surface area contributed by atoms with Crippen LogP contribution < -0.4 is 5.32 Å². The van der Waals surface area contributed by atoms with E-state index in [1.54, 1.807) is 6.20 Å². The molecule has 0 saturated carbocycles. The molecule has 3 heterocycles. The first-order chi connectivity index (χ1) is 10.8. The predicted molar refractivity (Wildman–Crippen MR) is 87.2 cm³/mol. The minimum Gasteiger partial charge on any atom is -0.297 e. The number of nitrogens with one attached hydrogen (secondary N) is 1. The van der Waals surface area contributed by atoms with Crippen molar-refractivity contribution in [2.45, 2.75) is 19.8 Å². The molecule has 112 valence electrons. The summed E-state index contributed by atoms with van der Waals surface area (Å²) in [6.45, 7) is 2.04. The van der Waals surface area contributed by atoms with Crippen molar-refractivity contribution in [3.05, 3.63) is 40.3 Å². The lowest BCUT2D eigenvalue weighted by Gasteiger charge is -2.00. The molecule has 0 atom stereocenters. The maximum atomic E-state index is 12.3. The van der Waals surface area contributed by atoms with E-state index < -0.39 is 0 Å². The van der Waals surface area contributed by atoms with Crippen molar-refractivity contribution in [2.75, 3.05) is 5.32 Å². The van der Waals surface area contributed by atoms with Gasteiger partial charge in [0, 0.05) is 11.6 Å². The lowest BCUT2D eigenvalue weighted by atomic mass is 10.2. The second-order valence-corrected chi connectivity index (χ2v) is 6.12. The molecule has 0 bridgehead atoms. The fourth-order valence-corrected chi connectivity index (χ4v) is 3.20. The summed E-state index contributed by atoms with van der Waals surface area (Å²) in [5.41, 5.74) is 2.27. The van der Waals surface area contributed by atoms with E-state index in [-0.39, 0.29) is 5.91 Å². The Morgan fingerprint density at radius 3 is 3.00 bits per heavy atom. The number of carbonyl (C=O) groups excluding carboxylic acids is 1. The third-order valence-electron chi connectivity index (χ3n) is 2.90. The van der Waals surface area contributed by atoms with Crippen molar-refractivity contribution in [1.29, 1.82) is 0 Å². The first-order valence-corrected chi connectivity index (χ1v) is 8.42. The summed E-state index contributed by atoms with van der Waals surface area (Å²) in [6.07, 6.45) is 3.38. The molecule has 22 heavy (non-hydrogen) atoms. The molecular formula is C14H13N5OS2. The van der Waals surface area contributed by atoms with Crippen LogP contribution in [-0.2, 0) is 6.42 Å². The molecule has 8 heteroatoms. The van der Waals surface area contributed by atoms with Crippen molar-refractivity contribution >= 4 is 33.9 Å². The molecule has 0 fully saturated rings. The number of amides is 1. The van der Waals surface area contributed by atoms with Crippen molar-refractivity contribution in [3.63, 3.8) is 0 Å². The van der Waals surface area contributed by atoms with Gasteiger partial charge in [-0.05, 0) is 30.1 Å². The molecule has 3 aromatic rings. The first kappa shape index (κ1) is 14.7. The van der Waals surface area contributed by atoms with Crippen LogP contribution in [0.3, 0.4) is 0 Å². The average Bonchev–Trinajstić information content (AvgIpc) is 3.18. The second kappa shape index (κ2) is 6.71. The van der Waals surface area contributed by atoms with E-state index in [2.05, 4.69) is 24.9 Å². The lowest BCUT2D eigenvalue weighted by Crippen LogP contribution is -2.12. The van der Waals surface area contributed by atoms with Crippen molar-refractivity contribution < 1.29 is 4.79 Å². The van der Waals surface area contributed by atoms with E-state index in [9.17, 15) is 4.79 Å². The smallest absolute Gasteiger partial charge is 0.271 e. The number of carbonyl (C=O) groups is 1. The van der Waals surface area contributed by atoms with Crippen LogP contribution in [0, 0.1) is 0 Å². The molecule has 1 amide bonds. The maximum absolute atomic E-state index is 12.3. The van der Waals surface area contributed by atoms with Crippen molar-refractivity contribution in [2.24, 2.45) is 0 Å². The summed E-state index contributed by atoms with van der Waals surface area (Å²) in [4.78, 5) is 21.5. The zero-order chi connectivity index (χ0) is 15.4. The van der Waals surface area contributed by atoms with Crippen molar-refractivity contribution in [1.82, 2.24) is 19.6 Å². The Labute approximate surface area is 135 Å². The third-order valence-corrected chi connectivity index (χ3v) is 4.43. The Kier molecular flexibility index (Phi) is 4.50. The summed E-state index contributed by atoms with van der Waals surface area (Å²) in [5.74, 6) is -0.208. The molecule has 0 aliphatic carbocycles. The predicted octanol–water partition coefficient (Wildman–Crippen LogP) is 3.26. The van der Waals surface area contributed by atoms with Gasteiger partial charge < -0.3 is 0 Å². The number of aromatic nitrogens is 4. The molecule has 0 radical (unpaired) electrons. The zero-order valence-electron chi connectivity index (χ0n) is 11.8. The van der Waals surface area contributed by atoms with E-state index >= 15 is 0 Å². The van der Waals surface area contributed by atoms with Crippen LogP contribution in [-0.4, -0.2) is 25.5 Å². The number of anilines is 1. The van der Waals surface area contributed by atoms with E-state index in [1.165, 1.54) is 11.3 Å². The molecule has 3 aromatic heterocycles. The highest BCUT2D eigenvalue weighted by Gasteiger charge is 2.17. The summed E-state index contributed by atoms with van der Waals surface area (Å²) >= 11 is 2.48. The van der Waals surface area contributed by atoms with Crippen LogP contribution in [0.2, 0.25) is 0 Å². The minimum atomic E-state index is -0.208. The number of rotatable bonds is 5. The Morgan fingerprint density at radius 2 is 2.23 bits per heavy atom. The molecule has 0 unspecified atom stereocenters. The molecule has 0 aliphatic heterocycles. The fourth-order valence-electron chi connectivity index (χ4n) is 1.90. The number of aryl methyl sites for hydroxylation is 1. The summed E-state index contributed by atoms with van der Waals surface area (Å²) in [6, 6.07) is 5.64. The highest BCUT2D eigenvalue weighted by atomic mass is 32.1. The van der Waals surface area contributed by atoms with Gasteiger partial charge >= 0.3 is 0 Å². The number of hydrogen-bond donors (Lipinski definition) is 1. The van der Waals surface area contributed by atoms with Crippen LogP contribution in [0.1, 0.15) is 28.7 Å². The zero-order valence-corrected chi connectivity index (χ0v) is 13.4. The Bertz CT molecular complexity index is 768. The highest BCUT2D eigenvalue weighted by molar-refractivity contribution is 7.14. The van der Waals surface area contributed by atoms with Crippen LogP contribution in [0.4, 0.5) is 5.13 Å². The van der Waals surface area contributed by atoms with Gasteiger partial charge in [0.25, 0.3) is 5.91 Å². The Balaban J connectivity index is 1.75. The Hall–Kier alpha value is -2.19. The fraction of sp³-hybridized carbons (Fsp3) is 0.214. The molecule has 6 nitrogen and oxygen atoms in total. The van der Waals surface area contributed by atoms with Gasteiger partial charge in [-0.15, -0.1) is 16.4 Å². The summed E-state index contributed by atoms with van der Waals surface area (Å²) in [7, 11) is 0. The molecule has 0 aliphatic rings. The normalized spacial score (nSPS) is 10.6. The van der Waals surface area contributed by atoms with Crippen LogP contribution >= 0.6 is 22.9 Å². The molecule has 3 rings (SSSR count). The van der Waals surface area contributed by atoms with Gasteiger partial charge in [0.15, 0.2) is 5.13 Å². The molecule has 1 N–H and O–H groups in total. The summed E-state index contributed by atoms with van der Waals surface area (Å²) in [5, 5.41) is 9.22. The standard InChI is InChI=1S/C14H13N5OS2/c1-2-5-10-12(22-19-18-10)13(20)17-14-16-11(8-21-14)9-6-3-4-7-15-9/h3-4,6-8H,2,5H2,1H3,(H,16,17,20). The quantitative estimate of drug-likeness (QED) is 0.776. The van der Waals surface area contributed by atoms with Gasteiger partial charge in [0.1, 0.15) is 10.6 Å². The van der Waals surface area contributed by atoms with E-state index in [0.717, 1.165) is 41.5 Å². The SMILES string of the molecule is CCCc1nnsc1C(=O)Nc1nc(-c2ccccn2)cs1. The average molecular weight is 331 g/mol. The first-order valence-electron chi connectivity index (χ1n) is 6.77. The summed E-state index contributed by atoms with van der Waals surface area (Å²) < 4.78 is 3.86. The number of pyridine rings is 1. The molecular weight excluding hydrogens is 318 g/mol. The maximum Gasteiger partial charge on any atom is 0.271 e. The van der Waals surface area contributed by atoms with E-state index in [4.69, 9.17) is 0 Å². The second-order valence-electron chi connectivity index (χ2n) is 4.51. The lowest BCUT2D eigenvalue weighted by molar-refractivity contribution is 0.102. The molecule has 0 saturated heterocycles. The van der Waals surface area contributed by atoms with Gasteiger partial charge in [-0.1, -0.05) is 23.9 Å². The minimum absolute atomic E-state index is 0.208. The van der Waals surface area contributed by atoms with Gasteiger partial charge in [-0.3, -0.25) is 15.1 Å². The third kappa shape index (κ3) is 3.18. The largest absolute Gasteiger partial charge is 0.297 e. The van der Waals surface area contributed by atoms with E-state index in [0.29, 0.717) is 10.0 Å². The Morgan fingerprint density at radius 1 is 1.32 bits per heavy atom. The van der Waals surface area contributed by atoms with E-state index in [1.807, 2.05) is 30.5 Å². The van der Waals surface area contributed by atoms with Gasteiger partial charge in [-0.25, -0.2) is 4.98 Å². The highest BCUT2D eigenvalue weighted by Crippen LogP contribution is 2.24. The number of hydrogen-bond acceptors (Lipinski definition) is 7. The van der Waals surface area contributed by atoms with Gasteiger partial charge in [0.05, 0.1) is 11.4 Å². The molecule has 0 aromatic carbocycles. The van der Waals surface area contributed by atoms with Crippen LogP contribution in [0.15, 0.2) is 29.8 Å². The van der Waals surface area contributed by atoms with Gasteiger partial charge in [-0.2, -0.15) is 0 Å². The number of nitrogens with zero attached hydrogens (tertiary/aromatic N) is 4. The number of thiazole rings is 1. The molecule has 0 spiro atoms. The topological polar surface area (TPSA) is 80.7 Å².